The molecule has 0 aliphatic rings. The zero-order valence-corrected chi connectivity index (χ0v) is 11.3. The number of anilines is 1. The summed E-state index contributed by atoms with van der Waals surface area (Å²) in [5, 5.41) is 18.9. The van der Waals surface area contributed by atoms with Gasteiger partial charge in [-0.3, -0.25) is 5.32 Å². The summed E-state index contributed by atoms with van der Waals surface area (Å²) < 4.78 is 10.8. The van der Waals surface area contributed by atoms with Crippen LogP contribution in [0.4, 0.5) is 5.82 Å². The number of rotatable bonds is 5. The van der Waals surface area contributed by atoms with E-state index in [0.29, 0.717) is 29.6 Å². The van der Waals surface area contributed by atoms with Gasteiger partial charge in [0.1, 0.15) is 0 Å². The van der Waals surface area contributed by atoms with E-state index in [0.717, 1.165) is 5.56 Å². The van der Waals surface area contributed by atoms with Gasteiger partial charge in [0, 0.05) is 5.56 Å². The molecule has 1 heterocycles. The number of hydrogen-bond donors (Lipinski definition) is 1. The molecule has 2 rings (SSSR count). The average Bonchev–Trinajstić information content (AvgIpc) is 2.49. The average molecular weight is 270 g/mol. The molecule has 0 atom stereocenters. The summed E-state index contributed by atoms with van der Waals surface area (Å²) >= 11 is 0. The topological polar surface area (TPSA) is 80.1 Å². The van der Waals surface area contributed by atoms with Crippen LogP contribution in [0.5, 0.6) is 11.5 Å². The first-order valence-electron chi connectivity index (χ1n) is 6.08. The van der Waals surface area contributed by atoms with Crippen molar-refractivity contribution >= 4 is 5.82 Å². The maximum Gasteiger partial charge on any atom is 0.182 e. The highest BCUT2D eigenvalue weighted by molar-refractivity contribution is 5.64. The third-order valence-corrected chi connectivity index (χ3v) is 2.61. The zero-order valence-electron chi connectivity index (χ0n) is 11.3. The molecule has 1 aromatic carbocycles. The molecule has 0 aliphatic carbocycles. The Labute approximate surface area is 117 Å². The largest absolute Gasteiger partial charge is 0.493 e. The molecule has 2 aromatic rings. The van der Waals surface area contributed by atoms with E-state index < -0.39 is 0 Å². The van der Waals surface area contributed by atoms with E-state index in [4.69, 9.17) is 14.7 Å². The highest BCUT2D eigenvalue weighted by atomic mass is 16.5. The first kappa shape index (κ1) is 13.6. The van der Waals surface area contributed by atoms with Crippen LogP contribution in [-0.2, 0) is 0 Å². The number of methoxy groups -OCH3 is 1. The van der Waals surface area contributed by atoms with Crippen molar-refractivity contribution in [2.45, 2.75) is 6.92 Å². The summed E-state index contributed by atoms with van der Waals surface area (Å²) in [5.41, 5.74) is 1.56. The fourth-order valence-electron chi connectivity index (χ4n) is 1.71. The van der Waals surface area contributed by atoms with Gasteiger partial charge in [-0.2, -0.15) is 5.26 Å². The lowest BCUT2D eigenvalue weighted by molar-refractivity contribution is 0.311. The van der Waals surface area contributed by atoms with Gasteiger partial charge >= 0.3 is 0 Å². The van der Waals surface area contributed by atoms with Crippen molar-refractivity contribution in [2.75, 3.05) is 19.0 Å². The summed E-state index contributed by atoms with van der Waals surface area (Å²) in [6.07, 6.45) is 1.80. The molecule has 20 heavy (non-hydrogen) atoms. The predicted octanol–water partition coefficient (Wildman–Crippen LogP) is 2.44. The van der Waals surface area contributed by atoms with Gasteiger partial charge in [-0.15, -0.1) is 10.2 Å². The second kappa shape index (κ2) is 6.38. The van der Waals surface area contributed by atoms with Gasteiger partial charge in [0.25, 0.3) is 0 Å². The lowest BCUT2D eigenvalue weighted by Gasteiger charge is -2.10. The molecule has 0 bridgehead atoms. The van der Waals surface area contributed by atoms with Crippen LogP contribution in [0.3, 0.4) is 0 Å². The number of nitriles is 1. The van der Waals surface area contributed by atoms with Crippen LogP contribution in [0.15, 0.2) is 30.3 Å². The van der Waals surface area contributed by atoms with Crippen molar-refractivity contribution in [3.63, 3.8) is 0 Å². The first-order chi connectivity index (χ1) is 9.78. The number of benzene rings is 1. The minimum atomic E-state index is 0.412. The van der Waals surface area contributed by atoms with Gasteiger partial charge in [-0.1, -0.05) is 0 Å². The first-order valence-corrected chi connectivity index (χ1v) is 6.08. The highest BCUT2D eigenvalue weighted by Gasteiger charge is 2.08. The molecular weight excluding hydrogens is 256 g/mol. The maximum atomic E-state index is 8.50. The van der Waals surface area contributed by atoms with Gasteiger partial charge in [-0.05, 0) is 37.3 Å². The monoisotopic (exact) mass is 270 g/mol. The molecule has 0 fully saturated rings. The van der Waals surface area contributed by atoms with Gasteiger partial charge in [-0.25, -0.2) is 0 Å². The van der Waals surface area contributed by atoms with Crippen molar-refractivity contribution in [2.24, 2.45) is 0 Å². The van der Waals surface area contributed by atoms with Crippen molar-refractivity contribution < 1.29 is 9.47 Å². The van der Waals surface area contributed by atoms with Crippen LogP contribution in [0, 0.1) is 11.5 Å². The molecule has 6 heteroatoms. The van der Waals surface area contributed by atoms with Crippen LogP contribution in [0.25, 0.3) is 11.3 Å². The number of aromatic nitrogens is 2. The maximum absolute atomic E-state index is 8.50. The molecule has 1 N–H and O–H groups in total. The Hall–Kier alpha value is -2.81. The van der Waals surface area contributed by atoms with Crippen LogP contribution in [-0.4, -0.2) is 23.9 Å². The zero-order chi connectivity index (χ0) is 14.4. The molecule has 0 saturated heterocycles. The number of nitrogens with zero attached hydrogens (tertiary/aromatic N) is 3. The fraction of sp³-hybridized carbons (Fsp3) is 0.214. The SMILES string of the molecule is CCOc1cc(-c2ccc(NC#N)nn2)ccc1OC. The second-order valence-electron chi connectivity index (χ2n) is 3.84. The number of hydrogen-bond acceptors (Lipinski definition) is 6. The van der Waals surface area contributed by atoms with Crippen LogP contribution >= 0.6 is 0 Å². The van der Waals surface area contributed by atoms with E-state index in [1.165, 1.54) is 0 Å². The molecule has 0 unspecified atom stereocenters. The third-order valence-electron chi connectivity index (χ3n) is 2.61. The lowest BCUT2D eigenvalue weighted by atomic mass is 10.1. The Morgan fingerprint density at radius 2 is 2.05 bits per heavy atom. The van der Waals surface area contributed by atoms with Crippen LogP contribution in [0.2, 0.25) is 0 Å². The van der Waals surface area contributed by atoms with E-state index in [-0.39, 0.29) is 0 Å². The number of ether oxygens (including phenoxy) is 2. The minimum Gasteiger partial charge on any atom is -0.493 e. The van der Waals surface area contributed by atoms with E-state index in [2.05, 4.69) is 15.5 Å². The van der Waals surface area contributed by atoms with E-state index in [9.17, 15) is 0 Å². The second-order valence-corrected chi connectivity index (χ2v) is 3.84. The highest BCUT2D eigenvalue weighted by Crippen LogP contribution is 2.31. The minimum absolute atomic E-state index is 0.412. The Kier molecular flexibility index (Phi) is 4.35. The molecule has 0 amide bonds. The Morgan fingerprint density at radius 1 is 1.20 bits per heavy atom. The van der Waals surface area contributed by atoms with Gasteiger partial charge < -0.3 is 9.47 Å². The van der Waals surface area contributed by atoms with Gasteiger partial charge in [0.15, 0.2) is 23.5 Å². The van der Waals surface area contributed by atoms with E-state index >= 15 is 0 Å². The summed E-state index contributed by atoms with van der Waals surface area (Å²) in [6, 6.07) is 9.02. The summed E-state index contributed by atoms with van der Waals surface area (Å²) in [7, 11) is 1.60. The van der Waals surface area contributed by atoms with Crippen molar-refractivity contribution in [1.82, 2.24) is 10.2 Å². The molecular formula is C14H14N4O2. The fourth-order valence-corrected chi connectivity index (χ4v) is 1.71. The van der Waals surface area contributed by atoms with Crippen molar-refractivity contribution in [3.05, 3.63) is 30.3 Å². The Balaban J connectivity index is 2.32. The normalized spacial score (nSPS) is 9.65. The molecule has 0 radical (unpaired) electrons. The van der Waals surface area contributed by atoms with E-state index in [1.807, 2.05) is 25.1 Å². The smallest absolute Gasteiger partial charge is 0.182 e. The Bertz CT molecular complexity index is 620. The van der Waals surface area contributed by atoms with Crippen LogP contribution in [0.1, 0.15) is 6.92 Å². The van der Waals surface area contributed by atoms with E-state index in [1.54, 1.807) is 25.4 Å². The summed E-state index contributed by atoms with van der Waals surface area (Å²) in [6.45, 7) is 2.46. The number of nitrogens with one attached hydrogen (secondary N) is 1. The van der Waals surface area contributed by atoms with Gasteiger partial charge in [0.2, 0.25) is 0 Å². The molecule has 6 nitrogen and oxygen atoms in total. The summed E-state index contributed by atoms with van der Waals surface area (Å²) in [5.74, 6) is 1.75. The molecule has 102 valence electrons. The standard InChI is InChI=1S/C14H14N4O2/c1-3-20-13-8-10(4-6-12(13)19-2)11-5-7-14(16-9-15)18-17-11/h4-8H,3H2,1-2H3,(H,16,18). The van der Waals surface area contributed by atoms with Crippen LogP contribution < -0.4 is 14.8 Å². The van der Waals surface area contributed by atoms with Crippen molar-refractivity contribution in [3.8, 4) is 28.9 Å². The third kappa shape index (κ3) is 2.95. The molecule has 0 saturated carbocycles. The Morgan fingerprint density at radius 3 is 2.65 bits per heavy atom. The van der Waals surface area contributed by atoms with Crippen molar-refractivity contribution in [1.29, 1.82) is 5.26 Å². The van der Waals surface area contributed by atoms with Gasteiger partial charge in [0.05, 0.1) is 19.4 Å². The lowest BCUT2D eigenvalue weighted by Crippen LogP contribution is -1.97. The molecule has 0 spiro atoms. The predicted molar refractivity (Wildman–Crippen MR) is 74.4 cm³/mol. The summed E-state index contributed by atoms with van der Waals surface area (Å²) in [4.78, 5) is 0. The quantitative estimate of drug-likeness (QED) is 0.664. The molecule has 0 aliphatic heterocycles. The molecule has 1 aromatic heterocycles.